The summed E-state index contributed by atoms with van der Waals surface area (Å²) >= 11 is 0. The van der Waals surface area contributed by atoms with Crippen LogP contribution in [-0.2, 0) is 4.79 Å². The highest BCUT2D eigenvalue weighted by Crippen LogP contribution is 2.10. The minimum atomic E-state index is -0.891. The zero-order valence-electron chi connectivity index (χ0n) is 9.29. The van der Waals surface area contributed by atoms with Gasteiger partial charge in [-0.15, -0.1) is 0 Å². The van der Waals surface area contributed by atoms with Gasteiger partial charge in [-0.25, -0.2) is 4.79 Å². The highest BCUT2D eigenvalue weighted by molar-refractivity contribution is 5.79. The molecule has 0 spiro atoms. The number of carbonyl (C=O) groups is 1. The number of allylic oxidation sites excluding steroid dienone is 1. The summed E-state index contributed by atoms with van der Waals surface area (Å²) in [5, 5.41) is 11.3. The number of hydrogen-bond acceptors (Lipinski definition) is 2. The molecule has 3 heteroatoms. The second-order valence-corrected chi connectivity index (χ2v) is 3.74. The highest BCUT2D eigenvalue weighted by Gasteiger charge is 2.11. The molecule has 0 saturated carbocycles. The molecule has 1 rings (SSSR count). The highest BCUT2D eigenvalue weighted by atomic mass is 16.4. The topological polar surface area (TPSA) is 49.3 Å². The molecule has 1 aliphatic rings. The van der Waals surface area contributed by atoms with Crippen LogP contribution in [0.4, 0.5) is 0 Å². The van der Waals surface area contributed by atoms with Crippen LogP contribution in [0.1, 0.15) is 40.0 Å². The summed E-state index contributed by atoms with van der Waals surface area (Å²) in [6, 6.07) is 1.53. The van der Waals surface area contributed by atoms with Crippen LogP contribution in [0.3, 0.4) is 0 Å². The van der Waals surface area contributed by atoms with Crippen molar-refractivity contribution in [3.05, 3.63) is 12.2 Å². The van der Waals surface area contributed by atoms with Gasteiger partial charge in [0.15, 0.2) is 0 Å². The number of piperidine rings is 1. The van der Waals surface area contributed by atoms with E-state index in [1.807, 2.05) is 0 Å². The summed E-state index contributed by atoms with van der Waals surface area (Å²) in [6.45, 7) is 6.18. The van der Waals surface area contributed by atoms with Gasteiger partial charge in [-0.2, -0.15) is 0 Å². The van der Waals surface area contributed by atoms with Crippen molar-refractivity contribution in [2.75, 3.05) is 0 Å². The van der Waals surface area contributed by atoms with Gasteiger partial charge >= 0.3 is 5.97 Å². The third kappa shape index (κ3) is 7.80. The molecule has 1 saturated heterocycles. The molecule has 1 aliphatic heterocycles. The van der Waals surface area contributed by atoms with Crippen LogP contribution < -0.4 is 5.32 Å². The van der Waals surface area contributed by atoms with Crippen molar-refractivity contribution in [1.82, 2.24) is 5.32 Å². The molecule has 1 fully saturated rings. The molecule has 82 valence electrons. The van der Waals surface area contributed by atoms with E-state index in [0.717, 1.165) is 18.2 Å². The second kappa shape index (κ2) is 7.56. The molecule has 14 heavy (non-hydrogen) atoms. The fourth-order valence-electron chi connectivity index (χ4n) is 1.53. The molecule has 0 aromatic heterocycles. The van der Waals surface area contributed by atoms with Crippen molar-refractivity contribution in [3.63, 3.8) is 0 Å². The van der Waals surface area contributed by atoms with E-state index in [-0.39, 0.29) is 0 Å². The molecule has 2 N–H and O–H groups in total. The molecule has 0 radical (unpaired) electrons. The van der Waals surface area contributed by atoms with Crippen LogP contribution >= 0.6 is 0 Å². The van der Waals surface area contributed by atoms with Crippen molar-refractivity contribution in [2.24, 2.45) is 0 Å². The smallest absolute Gasteiger partial charge is 0.327 e. The lowest BCUT2D eigenvalue weighted by Crippen LogP contribution is -2.38. The minimum Gasteiger partial charge on any atom is -0.478 e. The minimum absolute atomic E-state index is 0.763. The fourth-order valence-corrected chi connectivity index (χ4v) is 1.53. The Kier molecular flexibility index (Phi) is 7.11. The van der Waals surface area contributed by atoms with E-state index in [9.17, 15) is 4.79 Å². The fraction of sp³-hybridized carbons (Fsp3) is 0.727. The molecule has 0 amide bonds. The summed E-state index contributed by atoms with van der Waals surface area (Å²) in [5.74, 6) is -0.891. The van der Waals surface area contributed by atoms with Gasteiger partial charge in [0, 0.05) is 18.2 Å². The van der Waals surface area contributed by atoms with Gasteiger partial charge in [0.1, 0.15) is 0 Å². The lowest BCUT2D eigenvalue weighted by molar-refractivity contribution is -0.131. The van der Waals surface area contributed by atoms with E-state index in [1.54, 1.807) is 6.92 Å². The van der Waals surface area contributed by atoms with Crippen molar-refractivity contribution in [2.45, 2.75) is 52.1 Å². The number of nitrogens with one attached hydrogen (secondary N) is 1. The summed E-state index contributed by atoms with van der Waals surface area (Å²) in [7, 11) is 0. The summed E-state index contributed by atoms with van der Waals surface area (Å²) < 4.78 is 0. The monoisotopic (exact) mass is 199 g/mol. The van der Waals surface area contributed by atoms with Gasteiger partial charge in [-0.3, -0.25) is 0 Å². The van der Waals surface area contributed by atoms with Crippen LogP contribution in [0.15, 0.2) is 12.2 Å². The Bertz CT molecular complexity index is 182. The Morgan fingerprint density at radius 1 is 1.36 bits per heavy atom. The molecule has 0 aromatic carbocycles. The lowest BCUT2D eigenvalue weighted by atomic mass is 10.0. The Morgan fingerprint density at radius 3 is 2.00 bits per heavy atom. The van der Waals surface area contributed by atoms with E-state index in [0.29, 0.717) is 0 Å². The maximum absolute atomic E-state index is 9.51. The van der Waals surface area contributed by atoms with Crippen LogP contribution in [0.25, 0.3) is 0 Å². The zero-order valence-corrected chi connectivity index (χ0v) is 9.29. The first-order chi connectivity index (χ1) is 6.56. The van der Waals surface area contributed by atoms with Crippen molar-refractivity contribution >= 4 is 5.97 Å². The Morgan fingerprint density at radius 2 is 1.86 bits per heavy atom. The number of hydrogen-bond donors (Lipinski definition) is 2. The van der Waals surface area contributed by atoms with E-state index in [2.05, 4.69) is 19.2 Å². The molecule has 0 aliphatic carbocycles. The predicted octanol–water partition coefficient (Wildman–Crippen LogP) is 2.18. The molecule has 0 aromatic rings. The molecule has 2 atom stereocenters. The second-order valence-electron chi connectivity index (χ2n) is 3.74. The first kappa shape index (κ1) is 13.2. The van der Waals surface area contributed by atoms with Gasteiger partial charge in [0.25, 0.3) is 0 Å². The number of carboxylic acid groups (broad SMARTS) is 1. The average molecular weight is 199 g/mol. The van der Waals surface area contributed by atoms with Gasteiger partial charge in [-0.05, 0) is 33.6 Å². The molecular weight excluding hydrogens is 178 g/mol. The van der Waals surface area contributed by atoms with Gasteiger partial charge in [-0.1, -0.05) is 12.5 Å². The average Bonchev–Trinajstić information content (AvgIpc) is 2.03. The van der Waals surface area contributed by atoms with E-state index in [1.165, 1.54) is 25.3 Å². The van der Waals surface area contributed by atoms with E-state index < -0.39 is 5.97 Å². The van der Waals surface area contributed by atoms with Crippen LogP contribution in [0, 0.1) is 0 Å². The Hall–Kier alpha value is -0.830. The van der Waals surface area contributed by atoms with Crippen LogP contribution in [0.5, 0.6) is 0 Å². The first-order valence-corrected chi connectivity index (χ1v) is 5.18. The Labute approximate surface area is 86.2 Å². The zero-order chi connectivity index (χ0) is 11.0. The van der Waals surface area contributed by atoms with Crippen molar-refractivity contribution < 1.29 is 9.90 Å². The van der Waals surface area contributed by atoms with Crippen LogP contribution in [0.2, 0.25) is 0 Å². The van der Waals surface area contributed by atoms with Crippen LogP contribution in [-0.4, -0.2) is 23.2 Å². The SMILES string of the molecule is CC1CCCC(C)N1.CC=CC(=O)O. The molecule has 1 heterocycles. The first-order valence-electron chi connectivity index (χ1n) is 5.18. The molecular formula is C11H21NO2. The Balaban J connectivity index is 0.000000255. The summed E-state index contributed by atoms with van der Waals surface area (Å²) in [6.07, 6.45) is 6.70. The summed E-state index contributed by atoms with van der Waals surface area (Å²) in [5.41, 5.74) is 0. The molecule has 0 bridgehead atoms. The molecule has 2 unspecified atom stereocenters. The maximum Gasteiger partial charge on any atom is 0.327 e. The lowest BCUT2D eigenvalue weighted by Gasteiger charge is -2.25. The largest absolute Gasteiger partial charge is 0.478 e. The quantitative estimate of drug-likeness (QED) is 0.636. The van der Waals surface area contributed by atoms with E-state index >= 15 is 0 Å². The van der Waals surface area contributed by atoms with Gasteiger partial charge in [0.2, 0.25) is 0 Å². The standard InChI is InChI=1S/C7H15N.C4H6O2/c1-6-4-3-5-7(2)8-6;1-2-3-4(5)6/h6-8H,3-5H2,1-2H3;2-3H,1H3,(H,5,6). The number of rotatable bonds is 1. The normalized spacial score (nSPS) is 26.8. The number of carboxylic acids is 1. The van der Waals surface area contributed by atoms with Gasteiger partial charge < -0.3 is 10.4 Å². The number of aliphatic carboxylic acids is 1. The predicted molar refractivity (Wildman–Crippen MR) is 58.4 cm³/mol. The third-order valence-electron chi connectivity index (χ3n) is 2.15. The molecule has 3 nitrogen and oxygen atoms in total. The van der Waals surface area contributed by atoms with Crippen molar-refractivity contribution in [3.8, 4) is 0 Å². The summed E-state index contributed by atoms with van der Waals surface area (Å²) in [4.78, 5) is 9.51. The third-order valence-corrected chi connectivity index (χ3v) is 2.15. The van der Waals surface area contributed by atoms with Gasteiger partial charge in [0.05, 0.1) is 0 Å². The van der Waals surface area contributed by atoms with E-state index in [4.69, 9.17) is 5.11 Å². The maximum atomic E-state index is 9.51. The van der Waals surface area contributed by atoms with Crippen molar-refractivity contribution in [1.29, 1.82) is 0 Å².